The number of amides is 1. The Hall–Kier alpha value is -0.810. The number of hydrogen-bond acceptors (Lipinski definition) is 4. The van der Waals surface area contributed by atoms with Crippen molar-refractivity contribution in [2.45, 2.75) is 83.6 Å². The molecule has 0 aromatic rings. The normalized spacial score (nSPS) is 26.7. The summed E-state index contributed by atoms with van der Waals surface area (Å²) in [6, 6.07) is 0.220. The summed E-state index contributed by atoms with van der Waals surface area (Å²) in [6.45, 7) is 8.74. The highest BCUT2D eigenvalue weighted by Crippen LogP contribution is 2.24. The molecule has 0 bridgehead atoms. The van der Waals surface area contributed by atoms with Crippen LogP contribution in [0.1, 0.15) is 59.8 Å². The highest BCUT2D eigenvalue weighted by atomic mass is 16.6. The SMILES string of the molecule is CCCCN(C)C1CC(O)CCC1NC(=O)OC(C)(C)C. The molecule has 1 rings (SSSR count). The molecule has 1 amide bonds. The standard InChI is InChI=1S/C16H32N2O3/c1-6-7-10-18(5)14-11-12(19)8-9-13(14)17-15(20)21-16(2,3)4/h12-14,19H,6-11H2,1-5H3,(H,17,20). The molecule has 21 heavy (non-hydrogen) atoms. The first-order valence-corrected chi connectivity index (χ1v) is 8.10. The summed E-state index contributed by atoms with van der Waals surface area (Å²) in [7, 11) is 2.07. The number of ether oxygens (including phenoxy) is 1. The first-order chi connectivity index (χ1) is 9.73. The Kier molecular flexibility index (Phi) is 6.94. The van der Waals surface area contributed by atoms with Crippen LogP contribution in [0.2, 0.25) is 0 Å². The maximum absolute atomic E-state index is 12.0. The highest BCUT2D eigenvalue weighted by molar-refractivity contribution is 5.68. The number of hydrogen-bond donors (Lipinski definition) is 2. The zero-order valence-electron chi connectivity index (χ0n) is 14.2. The lowest BCUT2D eigenvalue weighted by Gasteiger charge is -2.40. The molecule has 124 valence electrons. The van der Waals surface area contributed by atoms with Gasteiger partial charge in [-0.1, -0.05) is 13.3 Å². The van der Waals surface area contributed by atoms with E-state index in [1.165, 1.54) is 0 Å². The molecule has 5 heteroatoms. The second-order valence-corrected chi connectivity index (χ2v) is 7.12. The topological polar surface area (TPSA) is 61.8 Å². The van der Waals surface area contributed by atoms with Crippen molar-refractivity contribution in [1.82, 2.24) is 10.2 Å². The van der Waals surface area contributed by atoms with E-state index in [0.29, 0.717) is 6.42 Å². The molecule has 0 aliphatic heterocycles. The zero-order valence-corrected chi connectivity index (χ0v) is 14.2. The molecule has 1 aliphatic rings. The van der Waals surface area contributed by atoms with Gasteiger partial charge < -0.3 is 20.1 Å². The second-order valence-electron chi connectivity index (χ2n) is 7.12. The number of nitrogens with zero attached hydrogens (tertiary/aromatic N) is 1. The minimum Gasteiger partial charge on any atom is -0.444 e. The van der Waals surface area contributed by atoms with Gasteiger partial charge in [-0.15, -0.1) is 0 Å². The first kappa shape index (κ1) is 18.2. The van der Waals surface area contributed by atoms with Crippen molar-refractivity contribution in [3.05, 3.63) is 0 Å². The predicted molar refractivity (Wildman–Crippen MR) is 84.3 cm³/mol. The summed E-state index contributed by atoms with van der Waals surface area (Å²) >= 11 is 0. The molecule has 1 saturated carbocycles. The van der Waals surface area contributed by atoms with Crippen molar-refractivity contribution in [3.8, 4) is 0 Å². The Morgan fingerprint density at radius 3 is 2.62 bits per heavy atom. The van der Waals surface area contributed by atoms with Crippen molar-refractivity contribution >= 4 is 6.09 Å². The van der Waals surface area contributed by atoms with Gasteiger partial charge in [0, 0.05) is 12.1 Å². The number of aliphatic hydroxyl groups is 1. The molecule has 3 unspecified atom stereocenters. The van der Waals surface area contributed by atoms with Gasteiger partial charge >= 0.3 is 6.09 Å². The highest BCUT2D eigenvalue weighted by Gasteiger charge is 2.34. The van der Waals surface area contributed by atoms with Crippen molar-refractivity contribution in [2.24, 2.45) is 0 Å². The molecule has 0 heterocycles. The number of nitrogens with one attached hydrogen (secondary N) is 1. The second kappa shape index (κ2) is 7.99. The van der Waals surface area contributed by atoms with Gasteiger partial charge in [-0.05, 0) is 60.0 Å². The van der Waals surface area contributed by atoms with Crippen LogP contribution in [-0.4, -0.2) is 53.5 Å². The van der Waals surface area contributed by atoms with Crippen molar-refractivity contribution in [2.75, 3.05) is 13.6 Å². The molecule has 0 aromatic carbocycles. The number of likely N-dealkylation sites (N-methyl/N-ethyl adjacent to an activating group) is 1. The molecule has 0 aromatic heterocycles. The zero-order chi connectivity index (χ0) is 16.0. The Labute approximate surface area is 129 Å². The van der Waals surface area contributed by atoms with E-state index in [9.17, 15) is 9.90 Å². The predicted octanol–water partition coefficient (Wildman–Crippen LogP) is 2.53. The molecule has 0 saturated heterocycles. The maximum Gasteiger partial charge on any atom is 0.407 e. The van der Waals surface area contributed by atoms with Crippen LogP contribution in [0.4, 0.5) is 4.79 Å². The monoisotopic (exact) mass is 300 g/mol. The Bertz CT molecular complexity index is 328. The molecule has 0 radical (unpaired) electrons. The van der Waals surface area contributed by atoms with Crippen LogP contribution < -0.4 is 5.32 Å². The van der Waals surface area contributed by atoms with Crippen molar-refractivity contribution in [1.29, 1.82) is 0 Å². The van der Waals surface area contributed by atoms with E-state index >= 15 is 0 Å². The van der Waals surface area contributed by atoms with Crippen LogP contribution >= 0.6 is 0 Å². The molecular formula is C16H32N2O3. The Morgan fingerprint density at radius 2 is 2.05 bits per heavy atom. The molecule has 1 aliphatic carbocycles. The summed E-state index contributed by atoms with van der Waals surface area (Å²) in [5, 5.41) is 12.9. The van der Waals surface area contributed by atoms with Gasteiger partial charge in [-0.3, -0.25) is 0 Å². The summed E-state index contributed by atoms with van der Waals surface area (Å²) in [5.41, 5.74) is -0.484. The van der Waals surface area contributed by atoms with E-state index in [-0.39, 0.29) is 24.3 Å². The Morgan fingerprint density at radius 1 is 1.38 bits per heavy atom. The number of aliphatic hydroxyl groups excluding tert-OH is 1. The van der Waals surface area contributed by atoms with Gasteiger partial charge in [0.15, 0.2) is 0 Å². The van der Waals surface area contributed by atoms with E-state index in [1.54, 1.807) is 0 Å². The maximum atomic E-state index is 12.0. The van der Waals surface area contributed by atoms with Crippen LogP contribution in [0, 0.1) is 0 Å². The molecular weight excluding hydrogens is 268 g/mol. The fourth-order valence-corrected chi connectivity index (χ4v) is 2.81. The lowest BCUT2D eigenvalue weighted by atomic mass is 9.87. The minimum atomic E-state index is -0.484. The third-order valence-corrected chi connectivity index (χ3v) is 3.92. The summed E-state index contributed by atoms with van der Waals surface area (Å²) in [5.74, 6) is 0. The average molecular weight is 300 g/mol. The van der Waals surface area contributed by atoms with Gasteiger partial charge in [0.25, 0.3) is 0 Å². The fraction of sp³-hybridized carbons (Fsp3) is 0.938. The van der Waals surface area contributed by atoms with Gasteiger partial charge in [-0.25, -0.2) is 4.79 Å². The number of alkyl carbamates (subject to hydrolysis) is 1. The summed E-state index contributed by atoms with van der Waals surface area (Å²) in [6.07, 6.45) is 3.88. The number of carbonyl (C=O) groups is 1. The molecule has 2 N–H and O–H groups in total. The van der Waals surface area contributed by atoms with Crippen molar-refractivity contribution < 1.29 is 14.6 Å². The quantitative estimate of drug-likeness (QED) is 0.819. The van der Waals surface area contributed by atoms with E-state index in [2.05, 4.69) is 24.2 Å². The van der Waals surface area contributed by atoms with Crippen LogP contribution in [0.5, 0.6) is 0 Å². The molecule has 1 fully saturated rings. The number of carbonyl (C=O) groups excluding carboxylic acids is 1. The lowest BCUT2D eigenvalue weighted by molar-refractivity contribution is 0.0284. The van der Waals surface area contributed by atoms with Crippen LogP contribution in [0.25, 0.3) is 0 Å². The van der Waals surface area contributed by atoms with Crippen LogP contribution in [0.15, 0.2) is 0 Å². The largest absolute Gasteiger partial charge is 0.444 e. The number of unbranched alkanes of at least 4 members (excludes halogenated alkanes) is 1. The lowest BCUT2D eigenvalue weighted by Crippen LogP contribution is -2.55. The smallest absolute Gasteiger partial charge is 0.407 e. The molecule has 0 spiro atoms. The van der Waals surface area contributed by atoms with Crippen molar-refractivity contribution in [3.63, 3.8) is 0 Å². The Balaban J connectivity index is 2.61. The molecule has 3 atom stereocenters. The number of rotatable bonds is 5. The third kappa shape index (κ3) is 6.66. The minimum absolute atomic E-state index is 0.0464. The average Bonchev–Trinajstić information content (AvgIpc) is 2.35. The van der Waals surface area contributed by atoms with Crippen LogP contribution in [0.3, 0.4) is 0 Å². The molecule has 5 nitrogen and oxygen atoms in total. The van der Waals surface area contributed by atoms with Gasteiger partial charge in [0.2, 0.25) is 0 Å². The van der Waals surface area contributed by atoms with Gasteiger partial charge in [0.05, 0.1) is 6.10 Å². The summed E-state index contributed by atoms with van der Waals surface area (Å²) < 4.78 is 5.35. The first-order valence-electron chi connectivity index (χ1n) is 8.10. The third-order valence-electron chi connectivity index (χ3n) is 3.92. The fourth-order valence-electron chi connectivity index (χ4n) is 2.81. The van der Waals surface area contributed by atoms with E-state index in [0.717, 1.165) is 32.2 Å². The van der Waals surface area contributed by atoms with Gasteiger partial charge in [0.1, 0.15) is 5.60 Å². The van der Waals surface area contributed by atoms with E-state index in [4.69, 9.17) is 4.74 Å². The van der Waals surface area contributed by atoms with Gasteiger partial charge in [-0.2, -0.15) is 0 Å². The van der Waals surface area contributed by atoms with E-state index in [1.807, 2.05) is 20.8 Å². The van der Waals surface area contributed by atoms with E-state index < -0.39 is 5.60 Å². The van der Waals surface area contributed by atoms with Crippen LogP contribution in [-0.2, 0) is 4.74 Å². The summed E-state index contributed by atoms with van der Waals surface area (Å²) in [4.78, 5) is 14.2.